The number of halogens is 2. The molecule has 2 nitrogen and oxygen atoms in total. The van der Waals surface area contributed by atoms with Crippen LogP contribution < -0.4 is 0 Å². The Hall–Kier alpha value is -0.730. The SMILES string of the molecule is Cc1nc2cc(Cl)ccn2c1CCl. The third-order valence-corrected chi connectivity index (χ3v) is 2.50. The zero-order valence-electron chi connectivity index (χ0n) is 7.09. The summed E-state index contributed by atoms with van der Waals surface area (Å²) in [7, 11) is 0. The highest BCUT2D eigenvalue weighted by atomic mass is 35.5. The van der Waals surface area contributed by atoms with E-state index in [1.807, 2.05) is 29.7 Å². The van der Waals surface area contributed by atoms with E-state index in [1.165, 1.54) is 0 Å². The molecule has 0 fully saturated rings. The van der Waals surface area contributed by atoms with Crippen LogP contribution in [0.15, 0.2) is 18.3 Å². The Morgan fingerprint density at radius 2 is 2.31 bits per heavy atom. The molecular formula is C9H8Cl2N2. The molecule has 0 N–H and O–H groups in total. The standard InChI is InChI=1S/C9H8Cl2N2/c1-6-8(5-10)13-3-2-7(11)4-9(13)12-6/h2-4H,5H2,1H3. The zero-order chi connectivity index (χ0) is 9.42. The lowest BCUT2D eigenvalue weighted by Crippen LogP contribution is -1.89. The van der Waals surface area contributed by atoms with Crippen LogP contribution in [0.25, 0.3) is 5.65 Å². The van der Waals surface area contributed by atoms with E-state index in [-0.39, 0.29) is 0 Å². The summed E-state index contributed by atoms with van der Waals surface area (Å²) in [4.78, 5) is 4.34. The van der Waals surface area contributed by atoms with Gasteiger partial charge in [-0.25, -0.2) is 4.98 Å². The molecule has 0 aliphatic carbocycles. The van der Waals surface area contributed by atoms with Crippen LogP contribution in [0.5, 0.6) is 0 Å². The molecule has 0 aliphatic heterocycles. The summed E-state index contributed by atoms with van der Waals surface area (Å²) in [5, 5.41) is 0.693. The van der Waals surface area contributed by atoms with Gasteiger partial charge in [-0.3, -0.25) is 0 Å². The number of hydrogen-bond acceptors (Lipinski definition) is 1. The Labute approximate surface area is 86.1 Å². The number of pyridine rings is 1. The Balaban J connectivity index is 2.79. The van der Waals surface area contributed by atoms with Crippen LogP contribution in [0.4, 0.5) is 0 Å². The van der Waals surface area contributed by atoms with E-state index in [4.69, 9.17) is 23.2 Å². The van der Waals surface area contributed by atoms with Crippen molar-refractivity contribution in [3.63, 3.8) is 0 Å². The fourth-order valence-corrected chi connectivity index (χ4v) is 1.83. The molecule has 0 aromatic carbocycles. The summed E-state index contributed by atoms with van der Waals surface area (Å²) >= 11 is 11.6. The van der Waals surface area contributed by atoms with Crippen LogP contribution >= 0.6 is 23.2 Å². The van der Waals surface area contributed by atoms with Crippen molar-refractivity contribution < 1.29 is 0 Å². The Kier molecular flexibility index (Phi) is 2.18. The third kappa shape index (κ3) is 1.40. The van der Waals surface area contributed by atoms with Crippen LogP contribution in [0.2, 0.25) is 5.02 Å². The molecule has 0 amide bonds. The molecule has 0 saturated heterocycles. The van der Waals surface area contributed by atoms with Gasteiger partial charge in [-0.05, 0) is 13.0 Å². The molecule has 2 aromatic rings. The number of nitrogens with zero attached hydrogens (tertiary/aromatic N) is 2. The van der Waals surface area contributed by atoms with Crippen LogP contribution in [0.1, 0.15) is 11.4 Å². The minimum absolute atomic E-state index is 0.467. The van der Waals surface area contributed by atoms with Gasteiger partial charge in [0.25, 0.3) is 0 Å². The van der Waals surface area contributed by atoms with Gasteiger partial charge in [0, 0.05) is 17.3 Å². The number of hydrogen-bond donors (Lipinski definition) is 0. The highest BCUT2D eigenvalue weighted by molar-refractivity contribution is 6.30. The van der Waals surface area contributed by atoms with E-state index in [1.54, 1.807) is 0 Å². The molecule has 13 heavy (non-hydrogen) atoms. The van der Waals surface area contributed by atoms with E-state index in [9.17, 15) is 0 Å². The van der Waals surface area contributed by atoms with Gasteiger partial charge in [0.2, 0.25) is 0 Å². The van der Waals surface area contributed by atoms with E-state index in [0.717, 1.165) is 17.0 Å². The molecule has 4 heteroatoms. The molecule has 2 aromatic heterocycles. The van der Waals surface area contributed by atoms with Crippen LogP contribution in [0, 0.1) is 6.92 Å². The van der Waals surface area contributed by atoms with Crippen molar-refractivity contribution in [3.8, 4) is 0 Å². The third-order valence-electron chi connectivity index (χ3n) is 2.01. The number of aryl methyl sites for hydroxylation is 1. The maximum atomic E-state index is 5.84. The van der Waals surface area contributed by atoms with Gasteiger partial charge in [-0.2, -0.15) is 0 Å². The molecular weight excluding hydrogens is 207 g/mol. The van der Waals surface area contributed by atoms with E-state index in [0.29, 0.717) is 10.9 Å². The molecule has 0 aliphatic rings. The van der Waals surface area contributed by atoms with Gasteiger partial charge in [-0.15, -0.1) is 11.6 Å². The van der Waals surface area contributed by atoms with Crippen LogP contribution in [-0.4, -0.2) is 9.38 Å². The fraction of sp³-hybridized carbons (Fsp3) is 0.222. The monoisotopic (exact) mass is 214 g/mol. The van der Waals surface area contributed by atoms with E-state index in [2.05, 4.69) is 4.98 Å². The van der Waals surface area contributed by atoms with Gasteiger partial charge >= 0.3 is 0 Å². The Morgan fingerprint density at radius 3 is 3.00 bits per heavy atom. The first kappa shape index (κ1) is 8.85. The van der Waals surface area contributed by atoms with Crippen molar-refractivity contribution in [1.82, 2.24) is 9.38 Å². The Bertz CT molecular complexity index is 448. The number of imidazole rings is 1. The average Bonchev–Trinajstić information content (AvgIpc) is 2.39. The molecule has 0 radical (unpaired) electrons. The Morgan fingerprint density at radius 1 is 1.54 bits per heavy atom. The van der Waals surface area contributed by atoms with Crippen LogP contribution in [0.3, 0.4) is 0 Å². The van der Waals surface area contributed by atoms with Crippen molar-refractivity contribution in [3.05, 3.63) is 34.7 Å². The second kappa shape index (κ2) is 3.20. The summed E-state index contributed by atoms with van der Waals surface area (Å²) < 4.78 is 1.95. The fourth-order valence-electron chi connectivity index (χ4n) is 1.35. The maximum absolute atomic E-state index is 5.84. The molecule has 0 atom stereocenters. The molecule has 0 bridgehead atoms. The quantitative estimate of drug-likeness (QED) is 0.668. The second-order valence-corrected chi connectivity index (χ2v) is 3.55. The van der Waals surface area contributed by atoms with Crippen LogP contribution in [-0.2, 0) is 5.88 Å². The van der Waals surface area contributed by atoms with Gasteiger partial charge in [0.05, 0.1) is 17.3 Å². The van der Waals surface area contributed by atoms with Crippen molar-refractivity contribution in [2.24, 2.45) is 0 Å². The largest absolute Gasteiger partial charge is 0.302 e. The first-order chi connectivity index (χ1) is 6.22. The minimum atomic E-state index is 0.467. The van der Waals surface area contributed by atoms with Crippen molar-refractivity contribution in [2.45, 2.75) is 12.8 Å². The molecule has 0 unspecified atom stereocenters. The topological polar surface area (TPSA) is 17.3 Å². The van der Waals surface area contributed by atoms with E-state index < -0.39 is 0 Å². The number of aromatic nitrogens is 2. The second-order valence-electron chi connectivity index (χ2n) is 2.85. The van der Waals surface area contributed by atoms with Crippen molar-refractivity contribution in [1.29, 1.82) is 0 Å². The highest BCUT2D eigenvalue weighted by Crippen LogP contribution is 2.17. The lowest BCUT2D eigenvalue weighted by molar-refractivity contribution is 1.07. The first-order valence-electron chi connectivity index (χ1n) is 3.91. The van der Waals surface area contributed by atoms with Crippen molar-refractivity contribution in [2.75, 3.05) is 0 Å². The van der Waals surface area contributed by atoms with Gasteiger partial charge < -0.3 is 4.40 Å². The lowest BCUT2D eigenvalue weighted by Gasteiger charge is -1.97. The van der Waals surface area contributed by atoms with Gasteiger partial charge in [0.15, 0.2) is 0 Å². The van der Waals surface area contributed by atoms with Gasteiger partial charge in [-0.1, -0.05) is 11.6 Å². The predicted octanol–water partition coefficient (Wildman–Crippen LogP) is 3.03. The number of alkyl halides is 1. The molecule has 2 heterocycles. The summed E-state index contributed by atoms with van der Waals surface area (Å²) in [6.07, 6.45) is 1.88. The minimum Gasteiger partial charge on any atom is -0.302 e. The molecule has 68 valence electrons. The normalized spacial score (nSPS) is 11.0. The van der Waals surface area contributed by atoms with Gasteiger partial charge in [0.1, 0.15) is 5.65 Å². The summed E-state index contributed by atoms with van der Waals surface area (Å²) in [5.41, 5.74) is 2.83. The van der Waals surface area contributed by atoms with Crippen molar-refractivity contribution >= 4 is 28.8 Å². The summed E-state index contributed by atoms with van der Waals surface area (Å²) in [5.74, 6) is 0.467. The molecule has 2 rings (SSSR count). The first-order valence-corrected chi connectivity index (χ1v) is 4.82. The summed E-state index contributed by atoms with van der Waals surface area (Å²) in [6.45, 7) is 1.94. The number of fused-ring (bicyclic) bond motifs is 1. The maximum Gasteiger partial charge on any atom is 0.138 e. The summed E-state index contributed by atoms with van der Waals surface area (Å²) in [6, 6.07) is 3.65. The molecule has 0 spiro atoms. The zero-order valence-corrected chi connectivity index (χ0v) is 8.60. The smallest absolute Gasteiger partial charge is 0.138 e. The van der Waals surface area contributed by atoms with E-state index >= 15 is 0 Å². The predicted molar refractivity (Wildman–Crippen MR) is 54.5 cm³/mol. The lowest BCUT2D eigenvalue weighted by atomic mass is 10.4. The average molecular weight is 215 g/mol. The molecule has 0 saturated carbocycles. The highest BCUT2D eigenvalue weighted by Gasteiger charge is 2.06. The number of rotatable bonds is 1.